The predicted octanol–water partition coefficient (Wildman–Crippen LogP) is 1.82. The van der Waals surface area contributed by atoms with Gasteiger partial charge in [-0.1, -0.05) is 6.92 Å². The van der Waals surface area contributed by atoms with Crippen molar-refractivity contribution in [1.82, 2.24) is 0 Å². The number of hydrogen-bond donors (Lipinski definition) is 1. The molecule has 0 fully saturated rings. The maximum Gasteiger partial charge on any atom is 0.372 e. The number of carbonyl (C=O) groups excluding carboxylic acids is 1. The van der Waals surface area contributed by atoms with Crippen LogP contribution in [0.25, 0.3) is 0 Å². The number of ether oxygens (including phenoxy) is 1. The molecule has 8 heteroatoms. The quantitative estimate of drug-likeness (QED) is 0.391. The van der Waals surface area contributed by atoms with E-state index in [-0.39, 0.29) is 13.2 Å². The summed E-state index contributed by atoms with van der Waals surface area (Å²) in [4.78, 5) is 22.0. The number of aliphatic carboxylic acids is 1. The first kappa shape index (κ1) is 17.1. The molecule has 1 N–H and O–H groups in total. The highest BCUT2D eigenvalue weighted by Gasteiger charge is 2.31. The molecule has 18 heavy (non-hydrogen) atoms. The largest absolute Gasteiger partial charge is 0.481 e. The highest BCUT2D eigenvalue weighted by atomic mass is 31.1. The number of carbonyl (C=O) groups is 2. The Balaban J connectivity index is 3.94. The Morgan fingerprint density at radius 3 is 2.44 bits per heavy atom. The van der Waals surface area contributed by atoms with E-state index in [1.807, 2.05) is 6.92 Å². The highest BCUT2D eigenvalue weighted by molar-refractivity contribution is 7.34. The Morgan fingerprint density at radius 2 is 1.94 bits per heavy atom. The zero-order valence-corrected chi connectivity index (χ0v) is 11.7. The SMILES string of the molecule is CCCOCO[PH](=O)OC(=O)CC(C)(C)C(=O)O. The van der Waals surface area contributed by atoms with Gasteiger partial charge in [-0.15, -0.1) is 0 Å². The van der Waals surface area contributed by atoms with E-state index in [2.05, 4.69) is 9.05 Å². The molecule has 0 rings (SSSR count). The predicted molar refractivity (Wildman–Crippen MR) is 63.3 cm³/mol. The van der Waals surface area contributed by atoms with Gasteiger partial charge in [0.15, 0.2) is 6.79 Å². The van der Waals surface area contributed by atoms with Crippen LogP contribution in [0.3, 0.4) is 0 Å². The Kier molecular flexibility index (Phi) is 7.82. The molecule has 1 atom stereocenters. The molecule has 0 aromatic heterocycles. The van der Waals surface area contributed by atoms with E-state index in [0.717, 1.165) is 6.42 Å². The molecular weight excluding hydrogens is 263 g/mol. The van der Waals surface area contributed by atoms with Crippen LogP contribution in [0, 0.1) is 5.41 Å². The van der Waals surface area contributed by atoms with E-state index in [4.69, 9.17) is 9.84 Å². The normalized spacial score (nSPS) is 13.1. The molecule has 0 aromatic carbocycles. The summed E-state index contributed by atoms with van der Waals surface area (Å²) in [6, 6.07) is 0. The van der Waals surface area contributed by atoms with Crippen molar-refractivity contribution < 1.29 is 33.0 Å². The fourth-order valence-corrected chi connectivity index (χ4v) is 1.38. The van der Waals surface area contributed by atoms with Crippen molar-refractivity contribution in [3.05, 3.63) is 0 Å². The minimum Gasteiger partial charge on any atom is -0.481 e. The summed E-state index contributed by atoms with van der Waals surface area (Å²) >= 11 is 0. The van der Waals surface area contributed by atoms with Gasteiger partial charge >= 0.3 is 20.2 Å². The fourth-order valence-electron chi connectivity index (χ4n) is 0.888. The maximum atomic E-state index is 11.3. The minimum atomic E-state index is -2.98. The van der Waals surface area contributed by atoms with Gasteiger partial charge in [0.1, 0.15) is 0 Å². The lowest BCUT2D eigenvalue weighted by molar-refractivity contribution is -0.152. The summed E-state index contributed by atoms with van der Waals surface area (Å²) in [5.41, 5.74) is -1.27. The third kappa shape index (κ3) is 7.42. The third-order valence-corrected chi connectivity index (χ3v) is 2.72. The first-order valence-electron chi connectivity index (χ1n) is 5.48. The van der Waals surface area contributed by atoms with Crippen molar-refractivity contribution in [2.45, 2.75) is 33.6 Å². The van der Waals surface area contributed by atoms with Crippen molar-refractivity contribution in [2.24, 2.45) is 5.41 Å². The molecule has 0 aliphatic rings. The Hall–Kier alpha value is -0.910. The van der Waals surface area contributed by atoms with Crippen LogP contribution in [0.2, 0.25) is 0 Å². The summed E-state index contributed by atoms with van der Waals surface area (Å²) in [7, 11) is -2.98. The molecular formula is C10H19O7P. The molecule has 0 saturated heterocycles. The van der Waals surface area contributed by atoms with E-state index >= 15 is 0 Å². The minimum absolute atomic E-state index is 0.221. The summed E-state index contributed by atoms with van der Waals surface area (Å²) in [5, 5.41) is 8.80. The molecule has 0 aliphatic carbocycles. The number of carboxylic acids is 1. The van der Waals surface area contributed by atoms with Gasteiger partial charge in [0.25, 0.3) is 0 Å². The Morgan fingerprint density at radius 1 is 1.33 bits per heavy atom. The van der Waals surface area contributed by atoms with E-state index in [1.165, 1.54) is 13.8 Å². The van der Waals surface area contributed by atoms with Crippen LogP contribution in [0.5, 0.6) is 0 Å². The Bertz CT molecular complexity index is 313. The smallest absolute Gasteiger partial charge is 0.372 e. The van der Waals surface area contributed by atoms with Crippen molar-refractivity contribution in [3.63, 3.8) is 0 Å². The van der Waals surface area contributed by atoms with Gasteiger partial charge in [-0.05, 0) is 20.3 Å². The first-order valence-corrected chi connectivity index (χ1v) is 6.70. The zero-order chi connectivity index (χ0) is 14.2. The molecule has 0 aliphatic heterocycles. The van der Waals surface area contributed by atoms with E-state index < -0.39 is 25.6 Å². The van der Waals surface area contributed by atoms with Crippen molar-refractivity contribution in [3.8, 4) is 0 Å². The van der Waals surface area contributed by atoms with Gasteiger partial charge in [0.2, 0.25) is 0 Å². The molecule has 106 valence electrons. The van der Waals surface area contributed by atoms with Crippen LogP contribution < -0.4 is 0 Å². The van der Waals surface area contributed by atoms with E-state index in [9.17, 15) is 14.2 Å². The summed E-state index contributed by atoms with van der Waals surface area (Å²) in [6.07, 6.45) is 0.412. The van der Waals surface area contributed by atoms with Crippen molar-refractivity contribution in [1.29, 1.82) is 0 Å². The molecule has 7 nitrogen and oxygen atoms in total. The second-order valence-corrected chi connectivity index (χ2v) is 5.25. The maximum absolute atomic E-state index is 11.3. The van der Waals surface area contributed by atoms with Crippen LogP contribution in [-0.4, -0.2) is 30.4 Å². The monoisotopic (exact) mass is 282 g/mol. The highest BCUT2D eigenvalue weighted by Crippen LogP contribution is 2.28. The van der Waals surface area contributed by atoms with Crippen molar-refractivity contribution in [2.75, 3.05) is 13.4 Å². The second kappa shape index (κ2) is 8.24. The van der Waals surface area contributed by atoms with Crippen LogP contribution in [-0.2, 0) is 27.9 Å². The van der Waals surface area contributed by atoms with Crippen LogP contribution in [0.15, 0.2) is 0 Å². The lowest BCUT2D eigenvalue weighted by Gasteiger charge is -2.17. The Labute approximate surface area is 106 Å². The van der Waals surface area contributed by atoms with Gasteiger partial charge < -0.3 is 14.4 Å². The zero-order valence-electron chi connectivity index (χ0n) is 10.7. The van der Waals surface area contributed by atoms with Crippen LogP contribution >= 0.6 is 8.25 Å². The molecule has 0 heterocycles. The summed E-state index contributed by atoms with van der Waals surface area (Å²) < 4.78 is 25.1. The van der Waals surface area contributed by atoms with Gasteiger partial charge in [-0.3, -0.25) is 14.1 Å². The van der Waals surface area contributed by atoms with Crippen LogP contribution in [0.1, 0.15) is 33.6 Å². The molecule has 0 bridgehead atoms. The molecule has 0 spiro atoms. The van der Waals surface area contributed by atoms with Gasteiger partial charge in [0, 0.05) is 6.61 Å². The summed E-state index contributed by atoms with van der Waals surface area (Å²) in [6.45, 7) is 4.88. The third-order valence-electron chi connectivity index (χ3n) is 1.97. The van der Waals surface area contributed by atoms with Gasteiger partial charge in [-0.25, -0.2) is 4.57 Å². The number of carboxylic acid groups (broad SMARTS) is 1. The van der Waals surface area contributed by atoms with Crippen molar-refractivity contribution >= 4 is 20.2 Å². The van der Waals surface area contributed by atoms with E-state index in [1.54, 1.807) is 0 Å². The average Bonchev–Trinajstić information content (AvgIpc) is 2.23. The topological polar surface area (TPSA) is 99.1 Å². The summed E-state index contributed by atoms with van der Waals surface area (Å²) in [5.74, 6) is -2.01. The second-order valence-electron chi connectivity index (χ2n) is 4.26. The van der Waals surface area contributed by atoms with Gasteiger partial charge in [0.05, 0.1) is 11.8 Å². The molecule has 1 unspecified atom stereocenters. The number of hydrogen-bond acceptors (Lipinski definition) is 6. The first-order chi connectivity index (χ1) is 8.29. The average molecular weight is 282 g/mol. The molecule has 0 amide bonds. The van der Waals surface area contributed by atoms with Crippen LogP contribution in [0.4, 0.5) is 0 Å². The van der Waals surface area contributed by atoms with Gasteiger partial charge in [-0.2, -0.15) is 0 Å². The lowest BCUT2D eigenvalue weighted by atomic mass is 9.90. The van der Waals surface area contributed by atoms with E-state index in [0.29, 0.717) is 6.61 Å². The molecule has 0 radical (unpaired) electrons. The lowest BCUT2D eigenvalue weighted by Crippen LogP contribution is -2.27. The molecule has 0 aromatic rings. The number of rotatable bonds is 9. The molecule has 0 saturated carbocycles. The fraction of sp³-hybridized carbons (Fsp3) is 0.800. The standard InChI is InChI=1S/C10H19O7P/c1-4-5-15-7-16-18(14)17-8(11)6-10(2,3)9(12)13/h18H,4-7H2,1-3H3,(H,12,13).